The van der Waals surface area contributed by atoms with E-state index in [0.717, 1.165) is 0 Å². The van der Waals surface area contributed by atoms with Gasteiger partial charge < -0.3 is 0 Å². The fraction of sp³-hybridized carbons (Fsp3) is 0. The fourth-order valence-electron chi connectivity index (χ4n) is 2.40. The SMILES string of the molecule is O=Cc1ccc(-c2c(-c3ccc(C=O)cc3)c(=O)c2=O)cc1. The zero-order chi connectivity index (χ0) is 15.7. The second-order valence-corrected chi connectivity index (χ2v) is 4.89. The molecular weight excluding hydrogens is 280 g/mol. The lowest BCUT2D eigenvalue weighted by molar-refractivity contribution is 0.111. The molecule has 0 aliphatic rings. The molecule has 106 valence electrons. The largest absolute Gasteiger partial charge is 0.298 e. The standard InChI is InChI=1S/C18H10O4/c19-9-11-1-5-13(6-2-11)15-16(18(22)17(15)21)14-7-3-12(10-20)4-8-14/h1-10H. The van der Waals surface area contributed by atoms with Crippen LogP contribution in [0, 0.1) is 0 Å². The van der Waals surface area contributed by atoms with Crippen LogP contribution in [0.5, 0.6) is 0 Å². The minimum absolute atomic E-state index is 0.348. The van der Waals surface area contributed by atoms with Crippen LogP contribution in [0.1, 0.15) is 20.7 Å². The van der Waals surface area contributed by atoms with Crippen molar-refractivity contribution >= 4 is 12.6 Å². The average Bonchev–Trinajstić information content (AvgIpc) is 2.59. The Balaban J connectivity index is 2.11. The first-order valence-electron chi connectivity index (χ1n) is 6.60. The van der Waals surface area contributed by atoms with Crippen molar-refractivity contribution in [2.45, 2.75) is 0 Å². The van der Waals surface area contributed by atoms with Crippen LogP contribution in [0.15, 0.2) is 58.1 Å². The number of benzene rings is 2. The van der Waals surface area contributed by atoms with Gasteiger partial charge in [0.25, 0.3) is 0 Å². The molecule has 4 heteroatoms. The van der Waals surface area contributed by atoms with E-state index in [-0.39, 0.29) is 0 Å². The first-order chi connectivity index (χ1) is 10.7. The highest BCUT2D eigenvalue weighted by molar-refractivity contribution is 5.88. The average molecular weight is 290 g/mol. The third-order valence-corrected chi connectivity index (χ3v) is 3.58. The van der Waals surface area contributed by atoms with E-state index in [0.29, 0.717) is 46.0 Å². The summed E-state index contributed by atoms with van der Waals surface area (Å²) in [6.45, 7) is 0. The van der Waals surface area contributed by atoms with Crippen LogP contribution in [-0.4, -0.2) is 12.6 Å². The van der Waals surface area contributed by atoms with Crippen molar-refractivity contribution in [2.24, 2.45) is 0 Å². The summed E-state index contributed by atoms with van der Waals surface area (Å²) < 4.78 is 0. The quantitative estimate of drug-likeness (QED) is 0.546. The molecule has 3 aromatic carbocycles. The number of aldehydes is 2. The van der Waals surface area contributed by atoms with E-state index in [9.17, 15) is 19.2 Å². The Kier molecular flexibility index (Phi) is 3.35. The zero-order valence-corrected chi connectivity index (χ0v) is 11.4. The van der Waals surface area contributed by atoms with E-state index in [1.807, 2.05) is 0 Å². The summed E-state index contributed by atoms with van der Waals surface area (Å²) in [7, 11) is 0. The second kappa shape index (κ2) is 5.33. The van der Waals surface area contributed by atoms with E-state index < -0.39 is 10.9 Å². The molecule has 22 heavy (non-hydrogen) atoms. The molecule has 0 spiro atoms. The maximum Gasteiger partial charge on any atom is 0.234 e. The smallest absolute Gasteiger partial charge is 0.234 e. The van der Waals surface area contributed by atoms with E-state index in [1.165, 1.54) is 0 Å². The van der Waals surface area contributed by atoms with Crippen molar-refractivity contribution in [1.82, 2.24) is 0 Å². The second-order valence-electron chi connectivity index (χ2n) is 4.89. The van der Waals surface area contributed by atoms with Crippen molar-refractivity contribution in [3.8, 4) is 22.3 Å². The predicted octanol–water partition coefficient (Wildman–Crippen LogP) is 2.24. The number of hydrogen-bond acceptors (Lipinski definition) is 4. The van der Waals surface area contributed by atoms with Crippen LogP contribution in [0.2, 0.25) is 0 Å². The zero-order valence-electron chi connectivity index (χ0n) is 11.4. The molecule has 0 atom stereocenters. The van der Waals surface area contributed by atoms with Gasteiger partial charge in [-0.1, -0.05) is 48.5 Å². The Morgan fingerprint density at radius 3 is 1.14 bits per heavy atom. The molecule has 0 aromatic heterocycles. The minimum atomic E-state index is -0.534. The lowest BCUT2D eigenvalue weighted by atomic mass is 9.89. The number of hydrogen-bond donors (Lipinski definition) is 0. The van der Waals surface area contributed by atoms with Gasteiger partial charge in [0, 0.05) is 22.3 Å². The van der Waals surface area contributed by atoms with Crippen molar-refractivity contribution < 1.29 is 9.59 Å². The normalized spacial score (nSPS) is 10.5. The molecule has 0 aliphatic heterocycles. The molecule has 0 fully saturated rings. The van der Waals surface area contributed by atoms with Crippen molar-refractivity contribution in [1.29, 1.82) is 0 Å². The Morgan fingerprint density at radius 2 is 0.864 bits per heavy atom. The lowest BCUT2D eigenvalue weighted by Crippen LogP contribution is -2.34. The molecule has 0 heterocycles. The van der Waals surface area contributed by atoms with Crippen molar-refractivity contribution in [3.63, 3.8) is 0 Å². The molecule has 0 unspecified atom stereocenters. The maximum absolute atomic E-state index is 11.9. The van der Waals surface area contributed by atoms with Gasteiger partial charge in [0.2, 0.25) is 10.9 Å². The number of carbonyl (C=O) groups excluding carboxylic acids is 2. The van der Waals surface area contributed by atoms with E-state index in [4.69, 9.17) is 0 Å². The van der Waals surface area contributed by atoms with Gasteiger partial charge in [-0.25, -0.2) is 0 Å². The minimum Gasteiger partial charge on any atom is -0.298 e. The van der Waals surface area contributed by atoms with E-state index in [1.54, 1.807) is 48.5 Å². The van der Waals surface area contributed by atoms with Gasteiger partial charge >= 0.3 is 0 Å². The third-order valence-electron chi connectivity index (χ3n) is 3.58. The van der Waals surface area contributed by atoms with Crippen LogP contribution >= 0.6 is 0 Å². The van der Waals surface area contributed by atoms with Crippen molar-refractivity contribution in [3.05, 3.63) is 80.1 Å². The Hall–Kier alpha value is -3.14. The van der Waals surface area contributed by atoms with Crippen LogP contribution in [0.4, 0.5) is 0 Å². The summed E-state index contributed by atoms with van der Waals surface area (Å²) in [6, 6.07) is 13.0. The van der Waals surface area contributed by atoms with Crippen molar-refractivity contribution in [2.75, 3.05) is 0 Å². The van der Waals surface area contributed by atoms with E-state index in [2.05, 4.69) is 0 Å². The van der Waals surface area contributed by atoms with Gasteiger partial charge in [-0.2, -0.15) is 0 Å². The Bertz CT molecular complexity index is 846. The highest BCUT2D eigenvalue weighted by Crippen LogP contribution is 2.28. The molecule has 0 bridgehead atoms. The summed E-state index contributed by atoms with van der Waals surface area (Å²) in [5.41, 5.74) is 1.83. The Labute approximate surface area is 125 Å². The molecule has 0 saturated carbocycles. The summed E-state index contributed by atoms with van der Waals surface area (Å²) >= 11 is 0. The number of rotatable bonds is 4. The molecule has 3 aromatic rings. The molecule has 0 radical (unpaired) electrons. The summed E-state index contributed by atoms with van der Waals surface area (Å²) in [6.07, 6.45) is 1.43. The van der Waals surface area contributed by atoms with Crippen LogP contribution in [0.25, 0.3) is 22.3 Å². The highest BCUT2D eigenvalue weighted by Gasteiger charge is 2.23. The monoisotopic (exact) mass is 290 g/mol. The maximum atomic E-state index is 11.9. The summed E-state index contributed by atoms with van der Waals surface area (Å²) in [4.78, 5) is 45.1. The third kappa shape index (κ3) is 2.11. The first-order valence-corrected chi connectivity index (χ1v) is 6.60. The fourth-order valence-corrected chi connectivity index (χ4v) is 2.40. The van der Waals surface area contributed by atoms with Crippen LogP contribution in [0.3, 0.4) is 0 Å². The predicted molar refractivity (Wildman–Crippen MR) is 83.0 cm³/mol. The van der Waals surface area contributed by atoms with Gasteiger partial charge in [0.05, 0.1) is 0 Å². The van der Waals surface area contributed by atoms with Gasteiger partial charge in [0.1, 0.15) is 12.6 Å². The topological polar surface area (TPSA) is 68.3 Å². The lowest BCUT2D eigenvalue weighted by Gasteiger charge is -2.11. The number of carbonyl (C=O) groups is 2. The van der Waals surface area contributed by atoms with Crippen LogP contribution in [-0.2, 0) is 0 Å². The molecule has 4 nitrogen and oxygen atoms in total. The molecule has 3 rings (SSSR count). The van der Waals surface area contributed by atoms with Crippen LogP contribution < -0.4 is 10.9 Å². The molecule has 0 saturated heterocycles. The molecule has 0 amide bonds. The Morgan fingerprint density at radius 1 is 0.545 bits per heavy atom. The molecule has 0 N–H and O–H groups in total. The van der Waals surface area contributed by atoms with Gasteiger partial charge in [-0.3, -0.25) is 19.2 Å². The molecular formula is C18H10O4. The summed E-state index contributed by atoms with van der Waals surface area (Å²) in [5.74, 6) is 0. The first kappa shape index (κ1) is 13.8. The highest BCUT2D eigenvalue weighted by atomic mass is 16.2. The molecule has 0 aliphatic carbocycles. The van der Waals surface area contributed by atoms with Gasteiger partial charge in [-0.05, 0) is 11.1 Å². The van der Waals surface area contributed by atoms with Gasteiger partial charge in [0.15, 0.2) is 0 Å². The summed E-state index contributed by atoms with van der Waals surface area (Å²) in [5, 5.41) is 0. The van der Waals surface area contributed by atoms with E-state index >= 15 is 0 Å². The van der Waals surface area contributed by atoms with Gasteiger partial charge in [-0.15, -0.1) is 0 Å².